The van der Waals surface area contributed by atoms with Gasteiger partial charge in [-0.3, -0.25) is 14.6 Å². The zero-order valence-electron chi connectivity index (χ0n) is 19.0. The Morgan fingerprint density at radius 1 is 0.829 bits per heavy atom. The summed E-state index contributed by atoms with van der Waals surface area (Å²) in [5.74, 6) is -0.189. The molecular formula is C28H23ClN4O2. The lowest BCUT2D eigenvalue weighted by atomic mass is 10.1. The fourth-order valence-corrected chi connectivity index (χ4v) is 4.29. The third-order valence-electron chi connectivity index (χ3n) is 6.03. The van der Waals surface area contributed by atoms with Gasteiger partial charge in [0.15, 0.2) is 5.78 Å². The molecule has 0 bridgehead atoms. The van der Waals surface area contributed by atoms with Gasteiger partial charge in [-0.25, -0.2) is 4.98 Å². The normalized spacial score (nSPS) is 14.0. The molecule has 0 N–H and O–H groups in total. The third-order valence-corrected chi connectivity index (χ3v) is 6.26. The molecule has 35 heavy (non-hydrogen) atoms. The molecule has 6 nitrogen and oxygen atoms in total. The van der Waals surface area contributed by atoms with Crippen LogP contribution in [-0.4, -0.2) is 52.7 Å². The van der Waals surface area contributed by atoms with Crippen molar-refractivity contribution in [1.29, 1.82) is 0 Å². The molecule has 4 aromatic rings. The van der Waals surface area contributed by atoms with Gasteiger partial charge in [0, 0.05) is 48.0 Å². The number of anilines is 1. The van der Waals surface area contributed by atoms with E-state index in [1.807, 2.05) is 53.4 Å². The Kier molecular flexibility index (Phi) is 6.55. The summed E-state index contributed by atoms with van der Waals surface area (Å²) in [4.78, 5) is 38.5. The molecule has 7 heteroatoms. The number of ketones is 1. The van der Waals surface area contributed by atoms with Crippen LogP contribution in [0, 0.1) is 0 Å². The van der Waals surface area contributed by atoms with E-state index in [2.05, 4.69) is 14.9 Å². The Hall–Kier alpha value is -4.03. The van der Waals surface area contributed by atoms with E-state index in [1.165, 1.54) is 6.08 Å². The molecule has 1 aliphatic heterocycles. The largest absolute Gasteiger partial charge is 0.368 e. The van der Waals surface area contributed by atoms with E-state index in [1.54, 1.807) is 36.5 Å². The van der Waals surface area contributed by atoms with Gasteiger partial charge < -0.3 is 9.80 Å². The number of amides is 1. The summed E-state index contributed by atoms with van der Waals surface area (Å²) >= 11 is 6.10. The van der Waals surface area contributed by atoms with Gasteiger partial charge in [0.1, 0.15) is 0 Å². The van der Waals surface area contributed by atoms with Crippen LogP contribution in [-0.2, 0) is 0 Å². The molecule has 2 heterocycles. The molecule has 5 rings (SSSR count). The molecule has 0 saturated carbocycles. The predicted octanol–water partition coefficient (Wildman–Crippen LogP) is 5.14. The number of aromatic nitrogens is 2. The highest BCUT2D eigenvalue weighted by Gasteiger charge is 2.22. The lowest BCUT2D eigenvalue weighted by Gasteiger charge is -2.36. The first kappa shape index (κ1) is 22.7. The zero-order valence-corrected chi connectivity index (χ0v) is 19.7. The van der Waals surface area contributed by atoms with Gasteiger partial charge in [0.25, 0.3) is 5.91 Å². The van der Waals surface area contributed by atoms with Crippen LogP contribution in [0.5, 0.6) is 0 Å². The lowest BCUT2D eigenvalue weighted by Crippen LogP contribution is -2.48. The second-order valence-electron chi connectivity index (χ2n) is 8.32. The molecule has 0 radical (unpaired) electrons. The van der Waals surface area contributed by atoms with E-state index < -0.39 is 0 Å². The summed E-state index contributed by atoms with van der Waals surface area (Å²) < 4.78 is 0. The van der Waals surface area contributed by atoms with Crippen LogP contribution < -0.4 is 4.90 Å². The van der Waals surface area contributed by atoms with Gasteiger partial charge >= 0.3 is 0 Å². The maximum atomic E-state index is 13.0. The van der Waals surface area contributed by atoms with E-state index in [9.17, 15) is 9.59 Å². The van der Waals surface area contributed by atoms with Crippen molar-refractivity contribution >= 4 is 46.1 Å². The average Bonchev–Trinajstić information content (AvgIpc) is 2.91. The first-order valence-corrected chi connectivity index (χ1v) is 11.8. The van der Waals surface area contributed by atoms with Gasteiger partial charge in [-0.2, -0.15) is 0 Å². The van der Waals surface area contributed by atoms with Crippen LogP contribution in [0.1, 0.15) is 26.4 Å². The van der Waals surface area contributed by atoms with Crippen LogP contribution in [0.4, 0.5) is 5.69 Å². The molecule has 1 aliphatic rings. The number of halogens is 1. The van der Waals surface area contributed by atoms with Gasteiger partial charge in [0.05, 0.1) is 22.9 Å². The van der Waals surface area contributed by atoms with Crippen molar-refractivity contribution in [2.75, 3.05) is 31.1 Å². The van der Waals surface area contributed by atoms with E-state index in [0.717, 1.165) is 29.8 Å². The van der Waals surface area contributed by atoms with Crippen LogP contribution in [0.3, 0.4) is 0 Å². The SMILES string of the molecule is O=C(/C=C/c1cnc2ccccc2n1)c1ccc(C(=O)N2CCN(c3cccc(Cl)c3)CC2)cc1. The van der Waals surface area contributed by atoms with E-state index in [4.69, 9.17) is 11.6 Å². The quantitative estimate of drug-likeness (QED) is 0.291. The Bertz CT molecular complexity index is 1410. The number of nitrogens with zero attached hydrogens (tertiary/aromatic N) is 4. The summed E-state index contributed by atoms with van der Waals surface area (Å²) in [5.41, 5.74) is 4.34. The number of hydrogen-bond acceptors (Lipinski definition) is 5. The van der Waals surface area contributed by atoms with Crippen molar-refractivity contribution < 1.29 is 9.59 Å². The zero-order chi connectivity index (χ0) is 24.2. The summed E-state index contributed by atoms with van der Waals surface area (Å²) in [6, 6.07) is 22.1. The van der Waals surface area contributed by atoms with Crippen LogP contribution >= 0.6 is 11.6 Å². The number of piperazine rings is 1. The van der Waals surface area contributed by atoms with Gasteiger partial charge in [-0.15, -0.1) is 0 Å². The molecule has 0 unspecified atom stereocenters. The minimum Gasteiger partial charge on any atom is -0.368 e. The average molecular weight is 483 g/mol. The Morgan fingerprint density at radius 2 is 1.54 bits per heavy atom. The van der Waals surface area contributed by atoms with Crippen LogP contribution in [0.2, 0.25) is 5.02 Å². The fourth-order valence-electron chi connectivity index (χ4n) is 4.11. The molecule has 1 amide bonds. The molecule has 1 aromatic heterocycles. The number of para-hydroxylation sites is 2. The van der Waals surface area contributed by atoms with Crippen molar-refractivity contribution in [3.05, 3.63) is 107 Å². The maximum absolute atomic E-state index is 13.0. The first-order chi connectivity index (χ1) is 17.1. The smallest absolute Gasteiger partial charge is 0.253 e. The number of allylic oxidation sites excluding steroid dienone is 1. The number of carbonyl (C=O) groups excluding carboxylic acids is 2. The molecule has 174 valence electrons. The van der Waals surface area contributed by atoms with Crippen molar-refractivity contribution in [1.82, 2.24) is 14.9 Å². The molecule has 3 aromatic carbocycles. The second kappa shape index (κ2) is 10.1. The highest BCUT2D eigenvalue weighted by Crippen LogP contribution is 2.21. The molecule has 1 saturated heterocycles. The van der Waals surface area contributed by atoms with Gasteiger partial charge in [-0.1, -0.05) is 41.9 Å². The maximum Gasteiger partial charge on any atom is 0.253 e. The van der Waals surface area contributed by atoms with E-state index in [-0.39, 0.29) is 11.7 Å². The number of carbonyl (C=O) groups is 2. The first-order valence-electron chi connectivity index (χ1n) is 11.4. The summed E-state index contributed by atoms with van der Waals surface area (Å²) in [5, 5.41) is 0.704. The predicted molar refractivity (Wildman–Crippen MR) is 139 cm³/mol. The topological polar surface area (TPSA) is 66.4 Å². The van der Waals surface area contributed by atoms with Crippen molar-refractivity contribution in [3.63, 3.8) is 0 Å². The minimum absolute atomic E-state index is 0.0308. The van der Waals surface area contributed by atoms with Crippen LogP contribution in [0.15, 0.2) is 85.1 Å². The molecule has 1 fully saturated rings. The van der Waals surface area contributed by atoms with Crippen LogP contribution in [0.25, 0.3) is 17.1 Å². The minimum atomic E-state index is -0.158. The summed E-state index contributed by atoms with van der Waals surface area (Å²) in [6.45, 7) is 2.74. The van der Waals surface area contributed by atoms with E-state index >= 15 is 0 Å². The highest BCUT2D eigenvalue weighted by molar-refractivity contribution is 6.30. The Morgan fingerprint density at radius 3 is 2.29 bits per heavy atom. The number of fused-ring (bicyclic) bond motifs is 1. The number of benzene rings is 3. The van der Waals surface area contributed by atoms with Gasteiger partial charge in [-0.05, 0) is 54.6 Å². The Labute approximate surface area is 208 Å². The molecule has 0 spiro atoms. The Balaban J connectivity index is 1.20. The van der Waals surface area contributed by atoms with Crippen molar-refractivity contribution in [2.45, 2.75) is 0 Å². The molecule has 0 aliphatic carbocycles. The molecule has 0 atom stereocenters. The van der Waals surface area contributed by atoms with Crippen molar-refractivity contribution in [3.8, 4) is 0 Å². The summed E-state index contributed by atoms with van der Waals surface area (Å²) in [7, 11) is 0. The fraction of sp³-hybridized carbons (Fsp3) is 0.143. The van der Waals surface area contributed by atoms with E-state index in [0.29, 0.717) is 34.9 Å². The second-order valence-corrected chi connectivity index (χ2v) is 8.75. The highest BCUT2D eigenvalue weighted by atomic mass is 35.5. The number of rotatable bonds is 5. The summed E-state index contributed by atoms with van der Waals surface area (Å²) in [6.07, 6.45) is 4.77. The van der Waals surface area contributed by atoms with Gasteiger partial charge in [0.2, 0.25) is 0 Å². The third kappa shape index (κ3) is 5.23. The van der Waals surface area contributed by atoms with Crippen molar-refractivity contribution in [2.24, 2.45) is 0 Å². The standard InChI is InChI=1S/C28H23ClN4O2/c29-22-4-3-5-24(18-22)32-14-16-33(17-15-32)28(35)21-10-8-20(9-11-21)27(34)13-12-23-19-30-25-6-1-2-7-26(25)31-23/h1-13,18-19H,14-17H2/b13-12+. The number of hydrogen-bond donors (Lipinski definition) is 0. The molecular weight excluding hydrogens is 460 g/mol. The lowest BCUT2D eigenvalue weighted by molar-refractivity contribution is 0.0746. The monoisotopic (exact) mass is 482 g/mol.